The fraction of sp³-hybridized carbons (Fsp3) is 0. The zero-order valence-electron chi connectivity index (χ0n) is 24.9. The average Bonchev–Trinajstić information content (AvgIpc) is 3.09. The third-order valence-corrected chi connectivity index (χ3v) is 7.14. The van der Waals surface area contributed by atoms with Crippen LogP contribution in [-0.2, 0) is 0 Å². The highest BCUT2D eigenvalue weighted by atomic mass is 16.6. The first kappa shape index (κ1) is 30.2. The van der Waals surface area contributed by atoms with Gasteiger partial charge in [0.05, 0.1) is 9.85 Å². The number of nitro benzene ring substituents is 2. The lowest BCUT2D eigenvalue weighted by molar-refractivity contribution is -0.385. The number of anilines is 10. The number of hydrogen-bond donors (Lipinski definition) is 5. The molecule has 0 heterocycles. The summed E-state index contributed by atoms with van der Waals surface area (Å²) in [5, 5.41) is 38.4. The summed E-state index contributed by atoms with van der Waals surface area (Å²) >= 11 is 0. The number of hydrogen-bond acceptors (Lipinski definition) is 9. The van der Waals surface area contributed by atoms with E-state index in [0.717, 1.165) is 56.9 Å². The van der Waals surface area contributed by atoms with Crippen molar-refractivity contribution in [2.45, 2.75) is 0 Å². The zero-order valence-corrected chi connectivity index (χ0v) is 24.9. The highest BCUT2D eigenvalue weighted by Gasteiger charge is 2.06. The van der Waals surface area contributed by atoms with Crippen LogP contribution in [0.1, 0.15) is 0 Å². The van der Waals surface area contributed by atoms with Crippen LogP contribution in [0.15, 0.2) is 146 Å². The SMILES string of the molecule is O=[N+]([O-])c1ccc(Nc2ccc(Nc3ccc(Nc4ccc(Nc5ccc(Nc6ccc([N+](=O)[O-])cc6)cc5)cc4)cc3)cc2)cc1. The molecular weight excluding hydrogens is 594 g/mol. The molecule has 0 bridgehead atoms. The summed E-state index contributed by atoms with van der Waals surface area (Å²) in [6.45, 7) is 0. The molecule has 0 unspecified atom stereocenters. The number of rotatable bonds is 12. The first-order valence-corrected chi connectivity index (χ1v) is 14.6. The van der Waals surface area contributed by atoms with Gasteiger partial charge in [0.15, 0.2) is 0 Å². The Kier molecular flexibility index (Phi) is 8.87. The van der Waals surface area contributed by atoms with Gasteiger partial charge in [-0.05, 0) is 121 Å². The van der Waals surface area contributed by atoms with Gasteiger partial charge < -0.3 is 26.6 Å². The number of nitrogens with zero attached hydrogens (tertiary/aromatic N) is 2. The summed E-state index contributed by atoms with van der Waals surface area (Å²) in [7, 11) is 0. The summed E-state index contributed by atoms with van der Waals surface area (Å²) in [5.74, 6) is 0. The molecule has 0 fully saturated rings. The third kappa shape index (κ3) is 8.19. The van der Waals surface area contributed by atoms with Gasteiger partial charge in [-0.2, -0.15) is 0 Å². The standard InChI is InChI=1S/C36H29N7O4/c44-42(45)35-21-17-33(18-22-35)40-31-13-9-29(10-14-31)38-27-5-1-25(2-6-27)37-26-3-7-28(8-4-26)39-30-11-15-32(16-12-30)41-34-19-23-36(24-20-34)43(46)47/h1-24,37-41H. The summed E-state index contributed by atoms with van der Waals surface area (Å²) in [5.41, 5.74) is 9.05. The van der Waals surface area contributed by atoms with Gasteiger partial charge in [-0.1, -0.05) is 0 Å². The fourth-order valence-corrected chi connectivity index (χ4v) is 4.71. The smallest absolute Gasteiger partial charge is 0.269 e. The Balaban J connectivity index is 0.975. The van der Waals surface area contributed by atoms with Gasteiger partial charge in [0.1, 0.15) is 0 Å². The maximum atomic E-state index is 10.8. The molecule has 0 saturated heterocycles. The Morgan fingerprint density at radius 2 is 0.404 bits per heavy atom. The summed E-state index contributed by atoms with van der Waals surface area (Å²) in [6.07, 6.45) is 0. The van der Waals surface area contributed by atoms with Gasteiger partial charge in [0.2, 0.25) is 0 Å². The Morgan fingerprint density at radius 1 is 0.277 bits per heavy atom. The predicted octanol–water partition coefficient (Wildman–Crippen LogP) is 10.2. The topological polar surface area (TPSA) is 146 Å². The Bertz CT molecular complexity index is 1820. The van der Waals surface area contributed by atoms with Crippen LogP contribution in [0.2, 0.25) is 0 Å². The van der Waals surface area contributed by atoms with E-state index in [-0.39, 0.29) is 11.4 Å². The molecule has 11 nitrogen and oxygen atoms in total. The van der Waals surface area contributed by atoms with Gasteiger partial charge >= 0.3 is 0 Å². The molecule has 11 heteroatoms. The van der Waals surface area contributed by atoms with Crippen molar-refractivity contribution >= 4 is 68.2 Å². The molecule has 0 aliphatic heterocycles. The molecule has 6 aromatic rings. The minimum Gasteiger partial charge on any atom is -0.356 e. The van der Waals surface area contributed by atoms with E-state index in [1.807, 2.05) is 97.1 Å². The molecule has 0 aromatic heterocycles. The van der Waals surface area contributed by atoms with Crippen molar-refractivity contribution in [3.8, 4) is 0 Å². The minimum atomic E-state index is -0.417. The van der Waals surface area contributed by atoms with Crippen LogP contribution in [0.3, 0.4) is 0 Å². The molecule has 6 rings (SSSR count). The fourth-order valence-electron chi connectivity index (χ4n) is 4.71. The van der Waals surface area contributed by atoms with E-state index < -0.39 is 9.85 Å². The van der Waals surface area contributed by atoms with E-state index in [0.29, 0.717) is 0 Å². The molecule has 6 aromatic carbocycles. The van der Waals surface area contributed by atoms with Crippen molar-refractivity contribution in [1.29, 1.82) is 0 Å². The van der Waals surface area contributed by atoms with E-state index >= 15 is 0 Å². The predicted molar refractivity (Wildman–Crippen MR) is 188 cm³/mol. The second kappa shape index (κ2) is 13.8. The lowest BCUT2D eigenvalue weighted by Crippen LogP contribution is -1.95. The third-order valence-electron chi connectivity index (χ3n) is 7.14. The largest absolute Gasteiger partial charge is 0.356 e. The van der Waals surface area contributed by atoms with Crippen molar-refractivity contribution in [2.75, 3.05) is 26.6 Å². The quantitative estimate of drug-likeness (QED) is 0.0663. The average molecular weight is 624 g/mol. The maximum absolute atomic E-state index is 10.8. The number of nitrogens with one attached hydrogen (secondary N) is 5. The van der Waals surface area contributed by atoms with Crippen LogP contribution < -0.4 is 26.6 Å². The van der Waals surface area contributed by atoms with Crippen LogP contribution in [0.25, 0.3) is 0 Å². The van der Waals surface area contributed by atoms with Crippen molar-refractivity contribution in [3.63, 3.8) is 0 Å². The molecule has 232 valence electrons. The number of nitro groups is 2. The first-order valence-electron chi connectivity index (χ1n) is 14.6. The molecule has 0 aliphatic rings. The van der Waals surface area contributed by atoms with Crippen molar-refractivity contribution in [2.24, 2.45) is 0 Å². The van der Waals surface area contributed by atoms with E-state index in [9.17, 15) is 20.2 Å². The number of non-ortho nitro benzene ring substituents is 2. The van der Waals surface area contributed by atoms with E-state index in [1.54, 1.807) is 24.3 Å². The van der Waals surface area contributed by atoms with Crippen LogP contribution in [0.5, 0.6) is 0 Å². The maximum Gasteiger partial charge on any atom is 0.269 e. The molecule has 0 radical (unpaired) electrons. The monoisotopic (exact) mass is 623 g/mol. The van der Waals surface area contributed by atoms with Crippen molar-refractivity contribution < 1.29 is 9.85 Å². The highest BCUT2D eigenvalue weighted by molar-refractivity contribution is 5.71. The van der Waals surface area contributed by atoms with E-state index in [1.165, 1.54) is 24.3 Å². The van der Waals surface area contributed by atoms with E-state index in [2.05, 4.69) is 26.6 Å². The van der Waals surface area contributed by atoms with Gasteiger partial charge in [-0.25, -0.2) is 0 Å². The molecule has 0 saturated carbocycles. The molecular formula is C36H29N7O4. The summed E-state index contributed by atoms with van der Waals surface area (Å²) < 4.78 is 0. The lowest BCUT2D eigenvalue weighted by Gasteiger charge is -2.12. The van der Waals surface area contributed by atoms with E-state index in [4.69, 9.17) is 0 Å². The van der Waals surface area contributed by atoms with Gasteiger partial charge in [-0.3, -0.25) is 20.2 Å². The zero-order chi connectivity index (χ0) is 32.6. The highest BCUT2D eigenvalue weighted by Crippen LogP contribution is 2.27. The van der Waals surface area contributed by atoms with Crippen molar-refractivity contribution in [3.05, 3.63) is 166 Å². The molecule has 47 heavy (non-hydrogen) atoms. The van der Waals surface area contributed by atoms with Crippen LogP contribution in [0, 0.1) is 20.2 Å². The van der Waals surface area contributed by atoms with Crippen molar-refractivity contribution in [1.82, 2.24) is 0 Å². The van der Waals surface area contributed by atoms with Gasteiger partial charge in [0.25, 0.3) is 11.4 Å². The second-order valence-corrected chi connectivity index (χ2v) is 10.5. The minimum absolute atomic E-state index is 0.0558. The Morgan fingerprint density at radius 3 is 0.532 bits per heavy atom. The molecule has 0 spiro atoms. The molecule has 0 aliphatic carbocycles. The summed E-state index contributed by atoms with van der Waals surface area (Å²) in [6, 6.07) is 44.2. The molecule has 0 atom stereocenters. The van der Waals surface area contributed by atoms with Crippen LogP contribution >= 0.6 is 0 Å². The first-order chi connectivity index (χ1) is 22.9. The summed E-state index contributed by atoms with van der Waals surface area (Å²) in [4.78, 5) is 20.8. The second-order valence-electron chi connectivity index (χ2n) is 10.5. The normalized spacial score (nSPS) is 10.5. The van der Waals surface area contributed by atoms with Gasteiger partial charge in [0, 0.05) is 81.1 Å². The lowest BCUT2D eigenvalue weighted by atomic mass is 10.2. The Labute approximate surface area is 270 Å². The Hall–Kier alpha value is -6.88. The van der Waals surface area contributed by atoms with Crippen LogP contribution in [0.4, 0.5) is 68.2 Å². The molecule has 5 N–H and O–H groups in total. The van der Waals surface area contributed by atoms with Gasteiger partial charge in [-0.15, -0.1) is 0 Å². The number of benzene rings is 6. The molecule has 0 amide bonds. The van der Waals surface area contributed by atoms with Crippen LogP contribution in [-0.4, -0.2) is 9.85 Å².